The zero-order valence-electron chi connectivity index (χ0n) is 10.9. The summed E-state index contributed by atoms with van der Waals surface area (Å²) in [6.45, 7) is 1.92. The standard InChI is InChI=1S/C15H14BrClN2O/c1-9(10-2-4-11(16)5-3-10)19-15(20)13-7-6-12(17)8-14(13)18/h2-9H,18H2,1H3,(H,19,20). The van der Waals surface area contributed by atoms with E-state index < -0.39 is 0 Å². The first-order valence-electron chi connectivity index (χ1n) is 6.08. The van der Waals surface area contributed by atoms with Crippen LogP contribution in [0.5, 0.6) is 0 Å². The summed E-state index contributed by atoms with van der Waals surface area (Å²) in [5.41, 5.74) is 7.63. The average Bonchev–Trinajstić information content (AvgIpc) is 2.39. The molecule has 0 heterocycles. The van der Waals surface area contributed by atoms with Crippen molar-refractivity contribution in [2.24, 2.45) is 0 Å². The number of benzene rings is 2. The minimum atomic E-state index is -0.213. The molecule has 0 saturated heterocycles. The Labute approximate surface area is 131 Å². The number of halogens is 2. The quantitative estimate of drug-likeness (QED) is 0.813. The molecule has 3 N–H and O–H groups in total. The SMILES string of the molecule is CC(NC(=O)c1ccc(Cl)cc1N)c1ccc(Br)cc1. The van der Waals surface area contributed by atoms with Crippen molar-refractivity contribution >= 4 is 39.1 Å². The summed E-state index contributed by atoms with van der Waals surface area (Å²) < 4.78 is 1.00. The average molecular weight is 354 g/mol. The Balaban J connectivity index is 2.13. The Kier molecular flexibility index (Phi) is 4.68. The second-order valence-electron chi connectivity index (χ2n) is 4.48. The number of amides is 1. The maximum absolute atomic E-state index is 12.2. The van der Waals surface area contributed by atoms with Crippen molar-refractivity contribution in [2.75, 3.05) is 5.73 Å². The van der Waals surface area contributed by atoms with Gasteiger partial charge in [0.25, 0.3) is 5.91 Å². The number of rotatable bonds is 3. The number of anilines is 1. The number of nitrogen functional groups attached to an aromatic ring is 1. The van der Waals surface area contributed by atoms with Gasteiger partial charge in [-0.25, -0.2) is 0 Å². The molecule has 3 nitrogen and oxygen atoms in total. The Bertz CT molecular complexity index is 628. The van der Waals surface area contributed by atoms with E-state index in [-0.39, 0.29) is 11.9 Å². The molecule has 0 aromatic heterocycles. The number of hydrogen-bond donors (Lipinski definition) is 2. The molecule has 0 fully saturated rings. The van der Waals surface area contributed by atoms with Crippen LogP contribution in [-0.2, 0) is 0 Å². The van der Waals surface area contributed by atoms with E-state index in [0.29, 0.717) is 16.3 Å². The van der Waals surface area contributed by atoms with Crippen LogP contribution < -0.4 is 11.1 Å². The number of nitrogens with two attached hydrogens (primary N) is 1. The molecular weight excluding hydrogens is 340 g/mol. The number of hydrogen-bond acceptors (Lipinski definition) is 2. The summed E-state index contributed by atoms with van der Waals surface area (Å²) in [6.07, 6.45) is 0. The van der Waals surface area contributed by atoms with Crippen LogP contribution in [0.25, 0.3) is 0 Å². The Morgan fingerprint density at radius 3 is 2.50 bits per heavy atom. The number of carbonyl (C=O) groups excluding carboxylic acids is 1. The third-order valence-corrected chi connectivity index (χ3v) is 3.74. The molecule has 2 aromatic rings. The summed E-state index contributed by atoms with van der Waals surface area (Å²) >= 11 is 9.20. The number of carbonyl (C=O) groups is 1. The van der Waals surface area contributed by atoms with Gasteiger partial charge in [0.05, 0.1) is 11.6 Å². The predicted molar refractivity (Wildman–Crippen MR) is 85.9 cm³/mol. The van der Waals surface area contributed by atoms with Crippen molar-refractivity contribution in [2.45, 2.75) is 13.0 Å². The first-order valence-corrected chi connectivity index (χ1v) is 7.26. The van der Waals surface area contributed by atoms with Crippen LogP contribution in [0.2, 0.25) is 5.02 Å². The maximum Gasteiger partial charge on any atom is 0.253 e. The first kappa shape index (κ1) is 14.9. The van der Waals surface area contributed by atoms with Crippen molar-refractivity contribution in [3.05, 3.63) is 63.1 Å². The van der Waals surface area contributed by atoms with Crippen LogP contribution in [0.1, 0.15) is 28.9 Å². The summed E-state index contributed by atoms with van der Waals surface area (Å²) in [4.78, 5) is 12.2. The van der Waals surface area contributed by atoms with E-state index in [1.807, 2.05) is 31.2 Å². The van der Waals surface area contributed by atoms with E-state index in [0.717, 1.165) is 10.0 Å². The van der Waals surface area contributed by atoms with Gasteiger partial charge < -0.3 is 11.1 Å². The van der Waals surface area contributed by atoms with E-state index in [2.05, 4.69) is 21.2 Å². The number of nitrogens with one attached hydrogen (secondary N) is 1. The van der Waals surface area contributed by atoms with Crippen LogP contribution in [0.15, 0.2) is 46.9 Å². The Morgan fingerprint density at radius 2 is 1.90 bits per heavy atom. The fourth-order valence-electron chi connectivity index (χ4n) is 1.85. The lowest BCUT2D eigenvalue weighted by Crippen LogP contribution is -2.27. The monoisotopic (exact) mass is 352 g/mol. The van der Waals surface area contributed by atoms with Gasteiger partial charge in [0.2, 0.25) is 0 Å². The minimum absolute atomic E-state index is 0.106. The fraction of sp³-hybridized carbons (Fsp3) is 0.133. The molecule has 0 bridgehead atoms. The summed E-state index contributed by atoms with van der Waals surface area (Å²) in [7, 11) is 0. The van der Waals surface area contributed by atoms with E-state index in [1.165, 1.54) is 0 Å². The molecular formula is C15H14BrClN2O. The smallest absolute Gasteiger partial charge is 0.253 e. The lowest BCUT2D eigenvalue weighted by Gasteiger charge is -2.15. The topological polar surface area (TPSA) is 55.1 Å². The van der Waals surface area contributed by atoms with Crippen LogP contribution in [0.4, 0.5) is 5.69 Å². The van der Waals surface area contributed by atoms with Crippen molar-refractivity contribution in [1.82, 2.24) is 5.32 Å². The van der Waals surface area contributed by atoms with Gasteiger partial charge in [0.1, 0.15) is 0 Å². The van der Waals surface area contributed by atoms with Crippen LogP contribution in [0.3, 0.4) is 0 Å². The van der Waals surface area contributed by atoms with Crippen LogP contribution in [0, 0.1) is 0 Å². The molecule has 0 aliphatic heterocycles. The highest BCUT2D eigenvalue weighted by atomic mass is 79.9. The Morgan fingerprint density at radius 1 is 1.25 bits per heavy atom. The highest BCUT2D eigenvalue weighted by molar-refractivity contribution is 9.10. The second-order valence-corrected chi connectivity index (χ2v) is 5.83. The molecule has 20 heavy (non-hydrogen) atoms. The third-order valence-electron chi connectivity index (χ3n) is 2.98. The molecule has 1 atom stereocenters. The van der Waals surface area contributed by atoms with Gasteiger partial charge in [-0.2, -0.15) is 0 Å². The largest absolute Gasteiger partial charge is 0.398 e. The van der Waals surface area contributed by atoms with Gasteiger partial charge in [-0.3, -0.25) is 4.79 Å². The van der Waals surface area contributed by atoms with E-state index in [1.54, 1.807) is 18.2 Å². The van der Waals surface area contributed by atoms with E-state index in [9.17, 15) is 4.79 Å². The summed E-state index contributed by atoms with van der Waals surface area (Å²) in [5.74, 6) is -0.213. The molecule has 1 unspecified atom stereocenters. The summed E-state index contributed by atoms with van der Waals surface area (Å²) in [6, 6.07) is 12.5. The van der Waals surface area contributed by atoms with Gasteiger partial charge in [0.15, 0.2) is 0 Å². The van der Waals surface area contributed by atoms with Gasteiger partial charge in [0, 0.05) is 15.2 Å². The van der Waals surface area contributed by atoms with Crippen molar-refractivity contribution in [1.29, 1.82) is 0 Å². The Hall–Kier alpha value is -1.52. The third kappa shape index (κ3) is 3.52. The van der Waals surface area contributed by atoms with Gasteiger partial charge in [-0.05, 0) is 42.8 Å². The molecule has 104 valence electrons. The summed E-state index contributed by atoms with van der Waals surface area (Å²) in [5, 5.41) is 3.43. The molecule has 2 rings (SSSR count). The lowest BCUT2D eigenvalue weighted by molar-refractivity contribution is 0.0941. The predicted octanol–water partition coefficient (Wildman–Crippen LogP) is 4.18. The van der Waals surface area contributed by atoms with Crippen LogP contribution in [-0.4, -0.2) is 5.91 Å². The van der Waals surface area contributed by atoms with Gasteiger partial charge >= 0.3 is 0 Å². The molecule has 5 heteroatoms. The maximum atomic E-state index is 12.2. The first-order chi connectivity index (χ1) is 9.47. The zero-order valence-corrected chi connectivity index (χ0v) is 13.2. The van der Waals surface area contributed by atoms with Gasteiger partial charge in [-0.15, -0.1) is 0 Å². The van der Waals surface area contributed by atoms with E-state index in [4.69, 9.17) is 17.3 Å². The molecule has 0 aliphatic carbocycles. The molecule has 1 amide bonds. The normalized spacial score (nSPS) is 11.9. The van der Waals surface area contributed by atoms with Crippen molar-refractivity contribution in [3.8, 4) is 0 Å². The minimum Gasteiger partial charge on any atom is -0.398 e. The van der Waals surface area contributed by atoms with Crippen LogP contribution >= 0.6 is 27.5 Å². The highest BCUT2D eigenvalue weighted by Crippen LogP contribution is 2.20. The fourth-order valence-corrected chi connectivity index (χ4v) is 2.29. The lowest BCUT2D eigenvalue weighted by atomic mass is 10.1. The van der Waals surface area contributed by atoms with Crippen molar-refractivity contribution < 1.29 is 4.79 Å². The van der Waals surface area contributed by atoms with Gasteiger partial charge in [-0.1, -0.05) is 39.7 Å². The molecule has 0 aliphatic rings. The van der Waals surface area contributed by atoms with E-state index >= 15 is 0 Å². The highest BCUT2D eigenvalue weighted by Gasteiger charge is 2.14. The second kappa shape index (κ2) is 6.29. The molecule has 0 spiro atoms. The molecule has 0 radical (unpaired) electrons. The molecule has 2 aromatic carbocycles. The van der Waals surface area contributed by atoms with Crippen molar-refractivity contribution in [3.63, 3.8) is 0 Å². The zero-order chi connectivity index (χ0) is 14.7. The molecule has 0 saturated carbocycles.